The summed E-state index contributed by atoms with van der Waals surface area (Å²) in [5.41, 5.74) is 3.15. The molecule has 3 aromatic carbocycles. The summed E-state index contributed by atoms with van der Waals surface area (Å²) in [7, 11) is -4.07. The first-order valence-electron chi connectivity index (χ1n) is 9.53. The number of benzene rings is 3. The summed E-state index contributed by atoms with van der Waals surface area (Å²) < 4.78 is 40.3. The Morgan fingerprint density at radius 1 is 1.00 bits per heavy atom. The summed E-state index contributed by atoms with van der Waals surface area (Å²) in [5.74, 6) is -0.325. The zero-order valence-corrected chi connectivity index (χ0v) is 17.8. The van der Waals surface area contributed by atoms with E-state index in [0.29, 0.717) is 28.8 Å². The normalized spacial score (nSPS) is 11.8. The first-order valence-corrected chi connectivity index (χ1v) is 11.0. The predicted molar refractivity (Wildman–Crippen MR) is 117 cm³/mol. The third-order valence-electron chi connectivity index (χ3n) is 4.53. The predicted octanol–water partition coefficient (Wildman–Crippen LogP) is 5.03. The van der Waals surface area contributed by atoms with Gasteiger partial charge in [0, 0.05) is 5.56 Å². The molecule has 0 aliphatic heterocycles. The lowest BCUT2D eigenvalue weighted by atomic mass is 10.0. The summed E-state index contributed by atoms with van der Waals surface area (Å²) in [6, 6.07) is 19.4. The lowest BCUT2D eigenvalue weighted by Gasteiger charge is -2.08. The molecular weight excluding hydrogens is 419 g/mol. The van der Waals surface area contributed by atoms with E-state index in [1.165, 1.54) is 18.2 Å². The molecule has 3 rings (SSSR count). The van der Waals surface area contributed by atoms with E-state index in [1.807, 2.05) is 18.6 Å². The third-order valence-corrected chi connectivity index (χ3v) is 5.85. The van der Waals surface area contributed by atoms with Crippen LogP contribution in [0.5, 0.6) is 0 Å². The molecule has 0 aromatic heterocycles. The van der Waals surface area contributed by atoms with Crippen molar-refractivity contribution in [1.82, 2.24) is 4.72 Å². The summed E-state index contributed by atoms with van der Waals surface area (Å²) >= 11 is 0. The number of nitrogens with one attached hydrogen (secondary N) is 1. The average molecular weight is 440 g/mol. The van der Waals surface area contributed by atoms with Crippen molar-refractivity contribution in [1.29, 1.82) is 0 Å². The number of nitrogens with zero attached hydrogens (tertiary/aromatic N) is 1. The quantitative estimate of drug-likeness (QED) is 0.331. The minimum Gasteiger partial charge on any atom is -0.297 e. The van der Waals surface area contributed by atoms with Gasteiger partial charge in [0.1, 0.15) is 5.82 Å². The Hall–Kier alpha value is -3.52. The number of carbonyl (C=O) groups is 1. The molecule has 0 aliphatic carbocycles. The van der Waals surface area contributed by atoms with Gasteiger partial charge in [0.2, 0.25) is 0 Å². The molecule has 8 heteroatoms. The molecule has 0 unspecified atom stereocenters. The van der Waals surface area contributed by atoms with Crippen molar-refractivity contribution in [2.45, 2.75) is 25.2 Å². The number of halogens is 1. The van der Waals surface area contributed by atoms with Crippen molar-refractivity contribution in [3.8, 4) is 11.1 Å². The maximum Gasteiger partial charge on any atom is 0.447 e. The Balaban J connectivity index is 1.71. The van der Waals surface area contributed by atoms with E-state index in [-0.39, 0.29) is 10.7 Å². The minimum atomic E-state index is -4.07. The fraction of sp³-hybridized carbons (Fsp3) is 0.130. The van der Waals surface area contributed by atoms with Gasteiger partial charge in [0.05, 0.1) is 10.6 Å². The average Bonchev–Trinajstić information content (AvgIpc) is 2.75. The van der Waals surface area contributed by atoms with Crippen molar-refractivity contribution in [3.05, 3.63) is 89.7 Å². The van der Waals surface area contributed by atoms with Crippen LogP contribution in [0.4, 0.5) is 9.18 Å². The first-order chi connectivity index (χ1) is 14.8. The van der Waals surface area contributed by atoms with Gasteiger partial charge in [0.15, 0.2) is 0 Å². The standard InChI is InChI=1S/C23H21FN2O4S/c1-3-22(18-12-10-17(11-13-18)20-6-4-5-7-21(20)24)25-30-23(27)26-31(28,29)19-14-8-16(2)9-15-19/h4-15H,3H2,1-2H3,(H,26,27)/b25-22-. The molecule has 0 radical (unpaired) electrons. The van der Waals surface area contributed by atoms with E-state index in [4.69, 9.17) is 4.84 Å². The van der Waals surface area contributed by atoms with Crippen LogP contribution >= 0.6 is 0 Å². The molecule has 0 atom stereocenters. The molecule has 31 heavy (non-hydrogen) atoms. The number of amides is 1. The zero-order valence-electron chi connectivity index (χ0n) is 17.0. The number of sulfonamides is 1. The van der Waals surface area contributed by atoms with Crippen LogP contribution in [0.1, 0.15) is 24.5 Å². The van der Waals surface area contributed by atoms with Crippen LogP contribution in [0.3, 0.4) is 0 Å². The van der Waals surface area contributed by atoms with Crippen LogP contribution < -0.4 is 4.72 Å². The molecule has 1 N–H and O–H groups in total. The van der Waals surface area contributed by atoms with E-state index < -0.39 is 16.1 Å². The second-order valence-corrected chi connectivity index (χ2v) is 8.43. The van der Waals surface area contributed by atoms with Gasteiger partial charge < -0.3 is 0 Å². The minimum absolute atomic E-state index is 0.0570. The van der Waals surface area contributed by atoms with Crippen LogP contribution in [-0.4, -0.2) is 20.2 Å². The van der Waals surface area contributed by atoms with Crippen molar-refractivity contribution >= 4 is 21.8 Å². The van der Waals surface area contributed by atoms with E-state index in [2.05, 4.69) is 5.16 Å². The van der Waals surface area contributed by atoms with Gasteiger partial charge >= 0.3 is 6.09 Å². The molecule has 3 aromatic rings. The number of oxime groups is 1. The summed E-state index contributed by atoms with van der Waals surface area (Å²) in [5, 5.41) is 3.79. The maximum absolute atomic E-state index is 14.0. The second-order valence-electron chi connectivity index (χ2n) is 6.75. The molecule has 160 valence electrons. The second kappa shape index (κ2) is 9.53. The number of rotatable bonds is 6. The number of hydrogen-bond donors (Lipinski definition) is 1. The summed E-state index contributed by atoms with van der Waals surface area (Å²) in [6.07, 6.45) is -0.786. The third kappa shape index (κ3) is 5.55. The first kappa shape index (κ1) is 22.2. The van der Waals surface area contributed by atoms with Gasteiger partial charge in [-0.1, -0.05) is 72.2 Å². The Bertz CT molecular complexity index is 1210. The van der Waals surface area contributed by atoms with Gasteiger partial charge in [-0.15, -0.1) is 0 Å². The Morgan fingerprint density at radius 2 is 1.65 bits per heavy atom. The molecule has 0 heterocycles. The number of aryl methyl sites for hydroxylation is 1. The van der Waals surface area contributed by atoms with Crippen LogP contribution in [-0.2, 0) is 14.9 Å². The zero-order chi connectivity index (χ0) is 22.4. The molecule has 0 bridgehead atoms. The number of hydrogen-bond acceptors (Lipinski definition) is 5. The fourth-order valence-electron chi connectivity index (χ4n) is 2.86. The lowest BCUT2D eigenvalue weighted by molar-refractivity contribution is 0.157. The van der Waals surface area contributed by atoms with Crippen LogP contribution in [0, 0.1) is 12.7 Å². The van der Waals surface area contributed by atoms with Gasteiger partial charge in [-0.25, -0.2) is 22.3 Å². The molecule has 1 amide bonds. The van der Waals surface area contributed by atoms with E-state index in [9.17, 15) is 17.6 Å². The molecule has 0 saturated carbocycles. The van der Waals surface area contributed by atoms with Crippen LogP contribution in [0.15, 0.2) is 82.8 Å². The largest absolute Gasteiger partial charge is 0.447 e. The highest BCUT2D eigenvalue weighted by Gasteiger charge is 2.19. The fourth-order valence-corrected chi connectivity index (χ4v) is 3.73. The smallest absolute Gasteiger partial charge is 0.297 e. The molecule has 0 fully saturated rings. The maximum atomic E-state index is 14.0. The van der Waals surface area contributed by atoms with Crippen molar-refractivity contribution in [2.24, 2.45) is 5.16 Å². The van der Waals surface area contributed by atoms with Crippen molar-refractivity contribution in [3.63, 3.8) is 0 Å². The number of carbonyl (C=O) groups excluding carboxylic acids is 1. The molecule has 0 saturated heterocycles. The van der Waals surface area contributed by atoms with E-state index in [0.717, 1.165) is 5.56 Å². The molecule has 0 spiro atoms. The van der Waals surface area contributed by atoms with Crippen LogP contribution in [0.2, 0.25) is 0 Å². The molecular formula is C23H21FN2O4S. The van der Waals surface area contributed by atoms with E-state index >= 15 is 0 Å². The van der Waals surface area contributed by atoms with Gasteiger partial charge in [-0.05, 0) is 42.7 Å². The van der Waals surface area contributed by atoms with Gasteiger partial charge in [0.25, 0.3) is 10.0 Å². The van der Waals surface area contributed by atoms with Crippen LogP contribution in [0.25, 0.3) is 11.1 Å². The Kier molecular flexibility index (Phi) is 6.81. The lowest BCUT2D eigenvalue weighted by Crippen LogP contribution is -2.30. The monoisotopic (exact) mass is 440 g/mol. The SMILES string of the molecule is CC/C(=N/OC(=O)NS(=O)(=O)c1ccc(C)cc1)c1ccc(-c2ccccc2F)cc1. The summed E-state index contributed by atoms with van der Waals surface area (Å²) in [6.45, 7) is 3.63. The Labute approximate surface area is 180 Å². The molecule has 6 nitrogen and oxygen atoms in total. The summed E-state index contributed by atoms with van der Waals surface area (Å²) in [4.78, 5) is 16.7. The molecule has 0 aliphatic rings. The van der Waals surface area contributed by atoms with Gasteiger partial charge in [-0.3, -0.25) is 4.84 Å². The van der Waals surface area contributed by atoms with Crippen molar-refractivity contribution in [2.75, 3.05) is 0 Å². The van der Waals surface area contributed by atoms with Gasteiger partial charge in [-0.2, -0.15) is 0 Å². The van der Waals surface area contributed by atoms with E-state index in [1.54, 1.807) is 54.6 Å². The highest BCUT2D eigenvalue weighted by Crippen LogP contribution is 2.23. The highest BCUT2D eigenvalue weighted by molar-refractivity contribution is 7.90. The topological polar surface area (TPSA) is 84.8 Å². The van der Waals surface area contributed by atoms with Crippen molar-refractivity contribution < 1.29 is 22.4 Å². The highest BCUT2D eigenvalue weighted by atomic mass is 32.2. The Morgan fingerprint density at radius 3 is 2.26 bits per heavy atom.